The summed E-state index contributed by atoms with van der Waals surface area (Å²) in [6.45, 7) is 6.12. The SMILES string of the molecule is CCCC[S@@](=O)C[C@@H](COC(C)C)OC(=O)c1ccc(Cl)cc1. The van der Waals surface area contributed by atoms with Gasteiger partial charge >= 0.3 is 5.97 Å². The smallest absolute Gasteiger partial charge is 0.338 e. The van der Waals surface area contributed by atoms with Gasteiger partial charge in [-0.2, -0.15) is 0 Å². The van der Waals surface area contributed by atoms with Crippen LogP contribution in [0.1, 0.15) is 44.0 Å². The first kappa shape index (κ1) is 20.1. The Morgan fingerprint density at radius 1 is 1.26 bits per heavy atom. The zero-order chi connectivity index (χ0) is 17.2. The number of rotatable bonds is 10. The van der Waals surface area contributed by atoms with Crippen LogP contribution in [0.25, 0.3) is 0 Å². The molecule has 130 valence electrons. The Bertz CT molecular complexity index is 502. The van der Waals surface area contributed by atoms with Crippen LogP contribution in [-0.2, 0) is 20.3 Å². The van der Waals surface area contributed by atoms with Gasteiger partial charge in [-0.3, -0.25) is 4.21 Å². The van der Waals surface area contributed by atoms with Crippen molar-refractivity contribution in [3.63, 3.8) is 0 Å². The molecular weight excluding hydrogens is 336 g/mol. The van der Waals surface area contributed by atoms with Crippen molar-refractivity contribution >= 4 is 28.4 Å². The molecule has 0 saturated heterocycles. The molecular formula is C17H25ClO4S. The van der Waals surface area contributed by atoms with E-state index >= 15 is 0 Å². The molecule has 6 heteroatoms. The quantitative estimate of drug-likeness (QED) is 0.595. The fourth-order valence-corrected chi connectivity index (χ4v) is 3.30. The van der Waals surface area contributed by atoms with Gasteiger partial charge in [-0.1, -0.05) is 24.9 Å². The summed E-state index contributed by atoms with van der Waals surface area (Å²) in [5, 5.41) is 0.557. The third-order valence-corrected chi connectivity index (χ3v) is 4.81. The van der Waals surface area contributed by atoms with Gasteiger partial charge in [-0.15, -0.1) is 0 Å². The number of unbranched alkanes of at least 4 members (excludes halogenated alkanes) is 1. The highest BCUT2D eigenvalue weighted by Gasteiger charge is 2.19. The van der Waals surface area contributed by atoms with Crippen LogP contribution in [0, 0.1) is 0 Å². The van der Waals surface area contributed by atoms with Crippen molar-refractivity contribution in [2.24, 2.45) is 0 Å². The molecule has 0 unspecified atom stereocenters. The van der Waals surface area contributed by atoms with Crippen LogP contribution in [0.15, 0.2) is 24.3 Å². The second kappa shape index (κ2) is 10.8. The summed E-state index contributed by atoms with van der Waals surface area (Å²) in [6.07, 6.45) is 1.40. The molecule has 0 fully saturated rings. The Kier molecular flexibility index (Phi) is 9.44. The molecule has 0 spiro atoms. The van der Waals surface area contributed by atoms with Crippen molar-refractivity contribution in [2.45, 2.75) is 45.8 Å². The Labute approximate surface area is 146 Å². The lowest BCUT2D eigenvalue weighted by molar-refractivity contribution is -0.0121. The Hall–Kier alpha value is -0.910. The van der Waals surface area contributed by atoms with Crippen molar-refractivity contribution < 1.29 is 18.5 Å². The highest BCUT2D eigenvalue weighted by Crippen LogP contribution is 2.12. The molecule has 0 bridgehead atoms. The maximum atomic E-state index is 12.2. The van der Waals surface area contributed by atoms with E-state index in [0.29, 0.717) is 22.1 Å². The lowest BCUT2D eigenvalue weighted by atomic mass is 10.2. The van der Waals surface area contributed by atoms with Gasteiger partial charge in [-0.05, 0) is 44.5 Å². The zero-order valence-electron chi connectivity index (χ0n) is 13.9. The Morgan fingerprint density at radius 3 is 2.48 bits per heavy atom. The number of ether oxygens (including phenoxy) is 2. The molecule has 1 aromatic rings. The molecule has 4 nitrogen and oxygen atoms in total. The highest BCUT2D eigenvalue weighted by molar-refractivity contribution is 7.85. The largest absolute Gasteiger partial charge is 0.455 e. The molecule has 0 aliphatic rings. The Morgan fingerprint density at radius 2 is 1.91 bits per heavy atom. The molecule has 0 aliphatic carbocycles. The fraction of sp³-hybridized carbons (Fsp3) is 0.588. The van der Waals surface area contributed by atoms with Crippen LogP contribution in [0.4, 0.5) is 0 Å². The van der Waals surface area contributed by atoms with Crippen LogP contribution in [0.3, 0.4) is 0 Å². The first-order chi connectivity index (χ1) is 10.9. The first-order valence-corrected chi connectivity index (χ1v) is 9.72. The van der Waals surface area contributed by atoms with E-state index in [2.05, 4.69) is 6.92 Å². The normalized spacial score (nSPS) is 13.8. The predicted octanol–water partition coefficient (Wildman–Crippen LogP) is 3.84. The van der Waals surface area contributed by atoms with E-state index < -0.39 is 22.9 Å². The van der Waals surface area contributed by atoms with Gasteiger partial charge < -0.3 is 9.47 Å². The van der Waals surface area contributed by atoms with Crippen LogP contribution in [0.2, 0.25) is 5.02 Å². The van der Waals surface area contributed by atoms with Crippen molar-refractivity contribution in [1.29, 1.82) is 0 Å². The zero-order valence-corrected chi connectivity index (χ0v) is 15.5. The van der Waals surface area contributed by atoms with Crippen LogP contribution in [-0.4, -0.2) is 40.5 Å². The third-order valence-electron chi connectivity index (χ3n) is 3.07. The van der Waals surface area contributed by atoms with E-state index in [-0.39, 0.29) is 12.7 Å². The maximum absolute atomic E-state index is 12.2. The topological polar surface area (TPSA) is 52.6 Å². The van der Waals surface area contributed by atoms with Gasteiger partial charge in [0.25, 0.3) is 0 Å². The molecule has 2 atom stereocenters. The molecule has 0 N–H and O–H groups in total. The lowest BCUT2D eigenvalue weighted by Crippen LogP contribution is -2.31. The van der Waals surface area contributed by atoms with Crippen molar-refractivity contribution in [2.75, 3.05) is 18.1 Å². The van der Waals surface area contributed by atoms with E-state index in [1.54, 1.807) is 24.3 Å². The summed E-state index contributed by atoms with van der Waals surface area (Å²) in [4.78, 5) is 12.2. The van der Waals surface area contributed by atoms with Crippen LogP contribution in [0.5, 0.6) is 0 Å². The number of benzene rings is 1. The molecule has 0 aromatic heterocycles. The predicted molar refractivity (Wildman–Crippen MR) is 94.5 cm³/mol. The minimum atomic E-state index is -1.02. The monoisotopic (exact) mass is 360 g/mol. The molecule has 1 rings (SSSR count). The van der Waals surface area contributed by atoms with E-state index in [0.717, 1.165) is 12.8 Å². The Balaban J connectivity index is 2.64. The lowest BCUT2D eigenvalue weighted by Gasteiger charge is -2.19. The van der Waals surface area contributed by atoms with Crippen molar-refractivity contribution in [3.8, 4) is 0 Å². The average molecular weight is 361 g/mol. The molecule has 0 radical (unpaired) electrons. The van der Waals surface area contributed by atoms with Gasteiger partial charge in [-0.25, -0.2) is 4.79 Å². The number of hydrogen-bond acceptors (Lipinski definition) is 4. The molecule has 0 amide bonds. The second-order valence-electron chi connectivity index (χ2n) is 5.58. The summed E-state index contributed by atoms with van der Waals surface area (Å²) in [6, 6.07) is 6.49. The average Bonchev–Trinajstić information content (AvgIpc) is 2.51. The van der Waals surface area contributed by atoms with Gasteiger partial charge in [0.15, 0.2) is 0 Å². The van der Waals surface area contributed by atoms with E-state index in [1.165, 1.54) is 0 Å². The summed E-state index contributed by atoms with van der Waals surface area (Å²) < 4.78 is 23.1. The summed E-state index contributed by atoms with van der Waals surface area (Å²) >= 11 is 5.81. The standard InChI is InChI=1S/C17H25ClO4S/c1-4-5-10-23(20)12-16(11-21-13(2)3)22-17(19)14-6-8-15(18)9-7-14/h6-9,13,16H,4-5,10-12H2,1-3H3/t16-,23-/m1/s1. The number of esters is 1. The first-order valence-electron chi connectivity index (χ1n) is 7.85. The third kappa shape index (κ3) is 8.49. The number of halogens is 1. The van der Waals surface area contributed by atoms with Gasteiger partial charge in [0, 0.05) is 21.6 Å². The number of carbonyl (C=O) groups excluding carboxylic acids is 1. The number of carbonyl (C=O) groups is 1. The van der Waals surface area contributed by atoms with Gasteiger partial charge in [0.1, 0.15) is 6.10 Å². The van der Waals surface area contributed by atoms with Gasteiger partial charge in [0.05, 0.1) is 24.0 Å². The maximum Gasteiger partial charge on any atom is 0.338 e. The molecule has 23 heavy (non-hydrogen) atoms. The summed E-state index contributed by atoms with van der Waals surface area (Å²) in [5.74, 6) is 0.464. The molecule has 1 aromatic carbocycles. The van der Waals surface area contributed by atoms with Crippen LogP contribution < -0.4 is 0 Å². The molecule has 0 saturated carbocycles. The van der Waals surface area contributed by atoms with Crippen molar-refractivity contribution in [3.05, 3.63) is 34.9 Å². The summed E-state index contributed by atoms with van der Waals surface area (Å²) in [7, 11) is -1.02. The number of hydrogen-bond donors (Lipinski definition) is 0. The molecule has 0 aliphatic heterocycles. The summed E-state index contributed by atoms with van der Waals surface area (Å²) in [5.41, 5.74) is 0.420. The highest BCUT2D eigenvalue weighted by atomic mass is 35.5. The minimum absolute atomic E-state index is 0.0239. The van der Waals surface area contributed by atoms with Crippen LogP contribution >= 0.6 is 11.6 Å². The second-order valence-corrected chi connectivity index (χ2v) is 7.64. The minimum Gasteiger partial charge on any atom is -0.455 e. The fourth-order valence-electron chi connectivity index (χ4n) is 1.82. The van der Waals surface area contributed by atoms with E-state index in [9.17, 15) is 9.00 Å². The molecule has 0 heterocycles. The van der Waals surface area contributed by atoms with E-state index in [1.807, 2.05) is 13.8 Å². The van der Waals surface area contributed by atoms with Crippen molar-refractivity contribution in [1.82, 2.24) is 0 Å². The van der Waals surface area contributed by atoms with E-state index in [4.69, 9.17) is 21.1 Å². The van der Waals surface area contributed by atoms with Gasteiger partial charge in [0.2, 0.25) is 0 Å².